The predicted octanol–water partition coefficient (Wildman–Crippen LogP) is 6.05. The van der Waals surface area contributed by atoms with Gasteiger partial charge in [-0.1, -0.05) is 18.7 Å². The number of aromatic nitrogens is 5. The Morgan fingerprint density at radius 3 is 2.77 bits per heavy atom. The van der Waals surface area contributed by atoms with Gasteiger partial charge in [0, 0.05) is 54.6 Å². The van der Waals surface area contributed by atoms with Crippen LogP contribution in [0.15, 0.2) is 52.9 Å². The number of carbonyl (C=O) groups excluding carboxylic acids is 1. The topological polar surface area (TPSA) is 92.1 Å². The lowest BCUT2D eigenvalue weighted by atomic mass is 9.72. The van der Waals surface area contributed by atoms with E-state index in [1.54, 1.807) is 28.6 Å². The van der Waals surface area contributed by atoms with E-state index in [0.29, 0.717) is 22.0 Å². The standard InChI is InChI=1S/C29H32FN7OS/c1-19-24(17-34-37(19)23-7-9-29(3,10-8-23)11-13-35(4)20(2)38)21-14-26(39-28-25(30)6-5-12-32-28)27-22(15-31)16-33-36(27)18-21/h5-6,12,14,16-18,23H,7-11,13H2,1-4H3. The van der Waals surface area contributed by atoms with Crippen molar-refractivity contribution in [3.05, 3.63) is 60.1 Å². The third-order valence-corrected chi connectivity index (χ3v) is 9.11. The zero-order chi connectivity index (χ0) is 27.7. The van der Waals surface area contributed by atoms with E-state index in [-0.39, 0.29) is 16.3 Å². The molecule has 1 aliphatic carbocycles. The van der Waals surface area contributed by atoms with Crippen LogP contribution in [0.1, 0.15) is 63.3 Å². The predicted molar refractivity (Wildman–Crippen MR) is 148 cm³/mol. The molecular formula is C29H32FN7OS. The molecule has 0 aliphatic heterocycles. The maximum absolute atomic E-state index is 14.5. The summed E-state index contributed by atoms with van der Waals surface area (Å²) in [6.07, 6.45) is 12.1. The van der Waals surface area contributed by atoms with E-state index in [0.717, 1.165) is 55.5 Å². The molecule has 202 valence electrons. The Balaban J connectivity index is 1.41. The second kappa shape index (κ2) is 10.8. The number of hydrogen-bond acceptors (Lipinski definition) is 6. The summed E-state index contributed by atoms with van der Waals surface area (Å²) in [6, 6.07) is 7.40. The Morgan fingerprint density at radius 1 is 1.31 bits per heavy atom. The van der Waals surface area contributed by atoms with Crippen molar-refractivity contribution in [1.82, 2.24) is 29.3 Å². The first-order valence-corrected chi connectivity index (χ1v) is 14.0. The summed E-state index contributed by atoms with van der Waals surface area (Å²) in [6.45, 7) is 6.81. The molecule has 0 saturated heterocycles. The van der Waals surface area contributed by atoms with Crippen LogP contribution in [0.3, 0.4) is 0 Å². The van der Waals surface area contributed by atoms with Crippen LogP contribution in [0.5, 0.6) is 0 Å². The Labute approximate surface area is 231 Å². The zero-order valence-electron chi connectivity index (χ0n) is 22.7. The molecule has 1 amide bonds. The zero-order valence-corrected chi connectivity index (χ0v) is 23.5. The third kappa shape index (κ3) is 5.41. The lowest BCUT2D eigenvalue weighted by Gasteiger charge is -2.38. The van der Waals surface area contributed by atoms with Gasteiger partial charge in [-0.15, -0.1) is 0 Å². The molecule has 8 nitrogen and oxygen atoms in total. The molecule has 5 rings (SSSR count). The average molecular weight is 546 g/mol. The number of fused-ring (bicyclic) bond motifs is 1. The first kappa shape index (κ1) is 26.9. The minimum absolute atomic E-state index is 0.107. The number of halogens is 1. The molecule has 0 spiro atoms. The van der Waals surface area contributed by atoms with Crippen molar-refractivity contribution >= 4 is 23.2 Å². The summed E-state index contributed by atoms with van der Waals surface area (Å²) >= 11 is 1.19. The lowest BCUT2D eigenvalue weighted by molar-refractivity contribution is -0.127. The maximum atomic E-state index is 14.5. The van der Waals surface area contributed by atoms with Gasteiger partial charge in [0.05, 0.1) is 29.5 Å². The van der Waals surface area contributed by atoms with Crippen LogP contribution in [-0.2, 0) is 4.79 Å². The number of carbonyl (C=O) groups is 1. The lowest BCUT2D eigenvalue weighted by Crippen LogP contribution is -2.32. The summed E-state index contributed by atoms with van der Waals surface area (Å²) < 4.78 is 18.3. The summed E-state index contributed by atoms with van der Waals surface area (Å²) in [4.78, 5) is 18.3. The van der Waals surface area contributed by atoms with Gasteiger partial charge in [0.2, 0.25) is 5.91 Å². The number of hydrogen-bond donors (Lipinski definition) is 0. The van der Waals surface area contributed by atoms with Crippen LogP contribution in [0.25, 0.3) is 16.6 Å². The molecule has 0 N–H and O–H groups in total. The smallest absolute Gasteiger partial charge is 0.219 e. The van der Waals surface area contributed by atoms with Crippen molar-refractivity contribution in [3.8, 4) is 17.2 Å². The van der Waals surface area contributed by atoms with Crippen molar-refractivity contribution < 1.29 is 9.18 Å². The Bertz CT molecular complexity index is 1560. The van der Waals surface area contributed by atoms with Crippen LogP contribution < -0.4 is 0 Å². The van der Waals surface area contributed by atoms with Gasteiger partial charge in [0.1, 0.15) is 11.1 Å². The summed E-state index contributed by atoms with van der Waals surface area (Å²) in [5.41, 5.74) is 4.21. The second-order valence-electron chi connectivity index (χ2n) is 10.8. The van der Waals surface area contributed by atoms with Crippen molar-refractivity contribution in [2.45, 2.75) is 68.8 Å². The minimum Gasteiger partial charge on any atom is -0.346 e. The van der Waals surface area contributed by atoms with Gasteiger partial charge < -0.3 is 4.90 Å². The molecule has 4 aromatic rings. The highest BCUT2D eigenvalue weighted by molar-refractivity contribution is 7.99. The summed E-state index contributed by atoms with van der Waals surface area (Å²) in [7, 11) is 1.87. The third-order valence-electron chi connectivity index (χ3n) is 8.08. The molecule has 10 heteroatoms. The summed E-state index contributed by atoms with van der Waals surface area (Å²) in [5.74, 6) is -0.304. The Hall–Kier alpha value is -3.71. The average Bonchev–Trinajstić information content (AvgIpc) is 3.52. The van der Waals surface area contributed by atoms with E-state index in [2.05, 4.69) is 34.7 Å². The molecule has 1 fully saturated rings. The highest BCUT2D eigenvalue weighted by Crippen LogP contribution is 2.44. The van der Waals surface area contributed by atoms with E-state index in [1.807, 2.05) is 25.5 Å². The van der Waals surface area contributed by atoms with E-state index >= 15 is 0 Å². The molecule has 0 radical (unpaired) electrons. The number of rotatable bonds is 7. The molecular weight excluding hydrogens is 513 g/mol. The first-order valence-electron chi connectivity index (χ1n) is 13.1. The van der Waals surface area contributed by atoms with Gasteiger partial charge in [-0.2, -0.15) is 15.5 Å². The fourth-order valence-electron chi connectivity index (χ4n) is 5.41. The van der Waals surface area contributed by atoms with Gasteiger partial charge in [0.15, 0.2) is 5.82 Å². The van der Waals surface area contributed by atoms with Crippen LogP contribution in [0, 0.1) is 29.5 Å². The van der Waals surface area contributed by atoms with Gasteiger partial charge in [-0.3, -0.25) is 9.48 Å². The molecule has 0 bridgehead atoms. The van der Waals surface area contributed by atoms with E-state index in [9.17, 15) is 14.4 Å². The number of amides is 1. The largest absolute Gasteiger partial charge is 0.346 e. The molecule has 4 heterocycles. The van der Waals surface area contributed by atoms with Gasteiger partial charge in [-0.05, 0) is 62.6 Å². The van der Waals surface area contributed by atoms with Crippen LogP contribution >= 0.6 is 11.8 Å². The summed E-state index contributed by atoms with van der Waals surface area (Å²) in [5, 5.41) is 19.1. The monoisotopic (exact) mass is 545 g/mol. The maximum Gasteiger partial charge on any atom is 0.219 e. The second-order valence-corrected chi connectivity index (χ2v) is 11.8. The fraction of sp³-hybridized carbons (Fsp3) is 0.414. The Morgan fingerprint density at radius 2 is 2.08 bits per heavy atom. The van der Waals surface area contributed by atoms with Crippen molar-refractivity contribution in [2.24, 2.45) is 5.41 Å². The minimum atomic E-state index is -0.412. The van der Waals surface area contributed by atoms with Gasteiger partial charge in [0.25, 0.3) is 0 Å². The van der Waals surface area contributed by atoms with Crippen molar-refractivity contribution in [1.29, 1.82) is 5.26 Å². The number of nitrogens with zero attached hydrogens (tertiary/aromatic N) is 7. The fourth-order valence-corrected chi connectivity index (χ4v) is 6.38. The number of nitriles is 1. The van der Waals surface area contributed by atoms with Crippen molar-refractivity contribution in [2.75, 3.05) is 13.6 Å². The molecule has 4 aromatic heterocycles. The SMILES string of the molecule is CC(=O)N(C)CCC1(C)CCC(n2ncc(-c3cc(Sc4ncccc4F)c4c(C#N)cnn4c3)c2C)CC1. The highest BCUT2D eigenvalue weighted by atomic mass is 32.2. The van der Waals surface area contributed by atoms with Gasteiger partial charge in [-0.25, -0.2) is 13.9 Å². The van der Waals surface area contributed by atoms with E-state index in [1.165, 1.54) is 24.0 Å². The quantitative estimate of drug-likeness (QED) is 0.281. The van der Waals surface area contributed by atoms with Crippen LogP contribution in [-0.4, -0.2) is 48.8 Å². The molecule has 1 saturated carbocycles. The van der Waals surface area contributed by atoms with Gasteiger partial charge >= 0.3 is 0 Å². The highest BCUT2D eigenvalue weighted by Gasteiger charge is 2.33. The first-order chi connectivity index (χ1) is 18.7. The van der Waals surface area contributed by atoms with E-state index in [4.69, 9.17) is 5.10 Å². The Kier molecular flexibility index (Phi) is 7.45. The van der Waals surface area contributed by atoms with Crippen LogP contribution in [0.2, 0.25) is 0 Å². The van der Waals surface area contributed by atoms with Crippen molar-refractivity contribution in [3.63, 3.8) is 0 Å². The molecule has 1 aliphatic rings. The molecule has 0 aromatic carbocycles. The number of pyridine rings is 2. The normalized spacial score (nSPS) is 19.2. The molecule has 0 atom stereocenters. The van der Waals surface area contributed by atoms with Crippen LogP contribution in [0.4, 0.5) is 4.39 Å². The molecule has 39 heavy (non-hydrogen) atoms. The van der Waals surface area contributed by atoms with E-state index < -0.39 is 5.82 Å². The molecule has 0 unspecified atom stereocenters.